The normalized spacial score (nSPS) is 12.2. The van der Waals surface area contributed by atoms with E-state index in [0.717, 1.165) is 16.8 Å². The van der Waals surface area contributed by atoms with Crippen LogP contribution in [0, 0.1) is 12.7 Å². The van der Waals surface area contributed by atoms with E-state index in [1.54, 1.807) is 0 Å². The van der Waals surface area contributed by atoms with Gasteiger partial charge in [0.15, 0.2) is 0 Å². The molecule has 2 rings (SSSR count). The number of anilines is 1. The highest BCUT2D eigenvalue weighted by Crippen LogP contribution is 2.23. The number of aryl methyl sites for hydroxylation is 1. The molecule has 0 saturated carbocycles. The molecule has 94 valence electrons. The molecule has 0 heterocycles. The maximum atomic E-state index is 13.3. The van der Waals surface area contributed by atoms with E-state index >= 15 is 0 Å². The SMILES string of the molecule is Cc1cc(F)cc(NC(C)c2cccc(Cl)c2)c1. The number of rotatable bonds is 3. The molecular formula is C15H15ClFN. The van der Waals surface area contributed by atoms with Crippen LogP contribution in [0.15, 0.2) is 42.5 Å². The Labute approximate surface area is 112 Å². The Hall–Kier alpha value is -1.54. The maximum absolute atomic E-state index is 13.3. The summed E-state index contributed by atoms with van der Waals surface area (Å²) in [6.45, 7) is 3.89. The van der Waals surface area contributed by atoms with Crippen molar-refractivity contribution >= 4 is 17.3 Å². The van der Waals surface area contributed by atoms with Crippen molar-refractivity contribution in [3.05, 3.63) is 64.4 Å². The molecule has 0 fully saturated rings. The molecule has 2 aromatic carbocycles. The van der Waals surface area contributed by atoms with Crippen molar-refractivity contribution in [1.29, 1.82) is 0 Å². The van der Waals surface area contributed by atoms with Crippen molar-refractivity contribution in [2.45, 2.75) is 19.9 Å². The Bertz CT molecular complexity index is 534. The first-order chi connectivity index (χ1) is 8.54. The Morgan fingerprint density at radius 1 is 1.17 bits per heavy atom. The smallest absolute Gasteiger partial charge is 0.125 e. The van der Waals surface area contributed by atoms with E-state index in [9.17, 15) is 4.39 Å². The maximum Gasteiger partial charge on any atom is 0.125 e. The monoisotopic (exact) mass is 263 g/mol. The van der Waals surface area contributed by atoms with Crippen LogP contribution in [0.5, 0.6) is 0 Å². The molecular weight excluding hydrogens is 249 g/mol. The van der Waals surface area contributed by atoms with Crippen LogP contribution in [0.1, 0.15) is 24.1 Å². The quantitative estimate of drug-likeness (QED) is 0.825. The number of hydrogen-bond donors (Lipinski definition) is 1. The van der Waals surface area contributed by atoms with Crippen molar-refractivity contribution in [1.82, 2.24) is 0 Å². The number of hydrogen-bond acceptors (Lipinski definition) is 1. The van der Waals surface area contributed by atoms with Gasteiger partial charge in [0.2, 0.25) is 0 Å². The van der Waals surface area contributed by atoms with Crippen molar-refractivity contribution in [3.63, 3.8) is 0 Å². The van der Waals surface area contributed by atoms with E-state index in [0.29, 0.717) is 5.02 Å². The summed E-state index contributed by atoms with van der Waals surface area (Å²) in [6, 6.07) is 12.6. The zero-order chi connectivity index (χ0) is 13.1. The van der Waals surface area contributed by atoms with Gasteiger partial charge in [-0.2, -0.15) is 0 Å². The van der Waals surface area contributed by atoms with Crippen LogP contribution in [0.25, 0.3) is 0 Å². The van der Waals surface area contributed by atoms with Crippen LogP contribution in [0.3, 0.4) is 0 Å². The summed E-state index contributed by atoms with van der Waals surface area (Å²) in [5.41, 5.74) is 2.75. The second kappa shape index (κ2) is 5.40. The molecule has 0 radical (unpaired) electrons. The van der Waals surface area contributed by atoms with Crippen molar-refractivity contribution in [2.75, 3.05) is 5.32 Å². The van der Waals surface area contributed by atoms with E-state index in [1.165, 1.54) is 12.1 Å². The molecule has 1 unspecified atom stereocenters. The Morgan fingerprint density at radius 2 is 1.94 bits per heavy atom. The summed E-state index contributed by atoms with van der Waals surface area (Å²) >= 11 is 5.95. The Balaban J connectivity index is 2.18. The number of halogens is 2. The lowest BCUT2D eigenvalue weighted by atomic mass is 10.1. The highest BCUT2D eigenvalue weighted by molar-refractivity contribution is 6.30. The van der Waals surface area contributed by atoms with Crippen molar-refractivity contribution < 1.29 is 4.39 Å². The average Bonchev–Trinajstić information content (AvgIpc) is 2.27. The highest BCUT2D eigenvalue weighted by Gasteiger charge is 2.06. The third kappa shape index (κ3) is 3.23. The Morgan fingerprint density at radius 3 is 2.61 bits per heavy atom. The zero-order valence-corrected chi connectivity index (χ0v) is 11.1. The molecule has 2 aromatic rings. The van der Waals surface area contributed by atoms with E-state index in [1.807, 2.05) is 44.2 Å². The molecule has 1 nitrogen and oxygen atoms in total. The summed E-state index contributed by atoms with van der Waals surface area (Å²) < 4.78 is 13.3. The molecule has 1 atom stereocenters. The summed E-state index contributed by atoms with van der Waals surface area (Å²) in [4.78, 5) is 0. The van der Waals surface area contributed by atoms with Crippen LogP contribution in [0.2, 0.25) is 5.02 Å². The standard InChI is InChI=1S/C15H15ClFN/c1-10-6-14(17)9-15(7-10)18-11(2)12-4-3-5-13(16)8-12/h3-9,11,18H,1-2H3. The van der Waals surface area contributed by atoms with Crippen LogP contribution >= 0.6 is 11.6 Å². The lowest BCUT2D eigenvalue weighted by Gasteiger charge is -2.16. The minimum atomic E-state index is -0.226. The van der Waals surface area contributed by atoms with Gasteiger partial charge in [-0.15, -0.1) is 0 Å². The molecule has 18 heavy (non-hydrogen) atoms. The summed E-state index contributed by atoms with van der Waals surface area (Å²) in [6.07, 6.45) is 0. The van der Waals surface area contributed by atoms with Crippen molar-refractivity contribution in [3.8, 4) is 0 Å². The fourth-order valence-electron chi connectivity index (χ4n) is 1.93. The van der Waals surface area contributed by atoms with Crippen LogP contribution in [-0.2, 0) is 0 Å². The molecule has 0 bridgehead atoms. The third-order valence-electron chi connectivity index (χ3n) is 2.77. The molecule has 0 amide bonds. The van der Waals surface area contributed by atoms with Gasteiger partial charge in [-0.3, -0.25) is 0 Å². The van der Waals surface area contributed by atoms with E-state index < -0.39 is 0 Å². The largest absolute Gasteiger partial charge is 0.378 e. The van der Waals surface area contributed by atoms with Crippen LogP contribution in [-0.4, -0.2) is 0 Å². The summed E-state index contributed by atoms with van der Waals surface area (Å²) in [7, 11) is 0. The first-order valence-electron chi connectivity index (χ1n) is 5.84. The fraction of sp³-hybridized carbons (Fsp3) is 0.200. The second-order valence-electron chi connectivity index (χ2n) is 4.44. The van der Waals surface area contributed by atoms with E-state index in [2.05, 4.69) is 5.32 Å². The first kappa shape index (κ1) is 12.9. The summed E-state index contributed by atoms with van der Waals surface area (Å²) in [5, 5.41) is 3.97. The summed E-state index contributed by atoms with van der Waals surface area (Å²) in [5.74, 6) is -0.226. The lowest BCUT2D eigenvalue weighted by molar-refractivity contribution is 0.626. The predicted octanol–water partition coefficient (Wildman–Crippen LogP) is 4.96. The predicted molar refractivity (Wildman–Crippen MR) is 74.6 cm³/mol. The highest BCUT2D eigenvalue weighted by atomic mass is 35.5. The van der Waals surface area contributed by atoms with E-state index in [-0.39, 0.29) is 11.9 Å². The number of nitrogens with one attached hydrogen (secondary N) is 1. The number of benzene rings is 2. The van der Waals surface area contributed by atoms with Gasteiger partial charge in [0, 0.05) is 16.8 Å². The third-order valence-corrected chi connectivity index (χ3v) is 3.01. The fourth-order valence-corrected chi connectivity index (χ4v) is 2.13. The van der Waals surface area contributed by atoms with Crippen LogP contribution in [0.4, 0.5) is 10.1 Å². The van der Waals surface area contributed by atoms with Gasteiger partial charge in [0.1, 0.15) is 5.82 Å². The van der Waals surface area contributed by atoms with Crippen molar-refractivity contribution in [2.24, 2.45) is 0 Å². The minimum absolute atomic E-state index is 0.0740. The van der Waals surface area contributed by atoms with E-state index in [4.69, 9.17) is 11.6 Å². The minimum Gasteiger partial charge on any atom is -0.378 e. The molecule has 1 N–H and O–H groups in total. The molecule has 0 spiro atoms. The topological polar surface area (TPSA) is 12.0 Å². The van der Waals surface area contributed by atoms with Gasteiger partial charge < -0.3 is 5.32 Å². The molecule has 0 aliphatic rings. The first-order valence-corrected chi connectivity index (χ1v) is 6.21. The molecule has 3 heteroatoms. The Kier molecular flexibility index (Phi) is 3.87. The molecule has 0 aliphatic carbocycles. The van der Waals surface area contributed by atoms with Gasteiger partial charge in [0.05, 0.1) is 0 Å². The van der Waals surface area contributed by atoms with Gasteiger partial charge in [-0.05, 0) is 55.3 Å². The average molecular weight is 264 g/mol. The van der Waals surface area contributed by atoms with Gasteiger partial charge in [0.25, 0.3) is 0 Å². The second-order valence-corrected chi connectivity index (χ2v) is 4.87. The molecule has 0 saturated heterocycles. The van der Waals surface area contributed by atoms with Crippen LogP contribution < -0.4 is 5.32 Å². The van der Waals surface area contributed by atoms with Gasteiger partial charge >= 0.3 is 0 Å². The van der Waals surface area contributed by atoms with Gasteiger partial charge in [-0.25, -0.2) is 4.39 Å². The lowest BCUT2D eigenvalue weighted by Crippen LogP contribution is -2.06. The molecule has 0 aliphatic heterocycles. The molecule has 0 aromatic heterocycles. The van der Waals surface area contributed by atoms with Gasteiger partial charge in [-0.1, -0.05) is 23.7 Å². The zero-order valence-electron chi connectivity index (χ0n) is 10.4.